The van der Waals surface area contributed by atoms with Crippen molar-refractivity contribution >= 4 is 34.4 Å². The lowest BCUT2D eigenvalue weighted by atomic mass is 10.1. The predicted molar refractivity (Wildman–Crippen MR) is 112 cm³/mol. The van der Waals surface area contributed by atoms with E-state index in [9.17, 15) is 0 Å². The van der Waals surface area contributed by atoms with E-state index in [0.717, 1.165) is 59.9 Å². The molecule has 2 nitrogen and oxygen atoms in total. The average Bonchev–Trinajstić information content (AvgIpc) is 2.92. The summed E-state index contributed by atoms with van der Waals surface area (Å²) in [5, 5.41) is 6.71. The van der Waals surface area contributed by atoms with Crippen LogP contribution in [-0.2, 0) is 0 Å². The highest BCUT2D eigenvalue weighted by atomic mass is 32.1. The highest BCUT2D eigenvalue weighted by Crippen LogP contribution is 2.25. The van der Waals surface area contributed by atoms with Gasteiger partial charge in [-0.15, -0.1) is 0 Å². The lowest BCUT2D eigenvalue weighted by molar-refractivity contribution is 0.758. The minimum absolute atomic E-state index is 0.791. The lowest BCUT2D eigenvalue weighted by Crippen LogP contribution is -2.25. The molecule has 0 radical (unpaired) electrons. The van der Waals surface area contributed by atoms with Crippen LogP contribution in [0.15, 0.2) is 36.4 Å². The molecule has 0 saturated heterocycles. The molecular formula is C20H26N2S2. The number of thiocarbonyl (C=S) groups is 2. The largest absolute Gasteiger partial charge is 0.376 e. The Labute approximate surface area is 156 Å². The molecule has 0 aliphatic heterocycles. The fourth-order valence-corrected chi connectivity index (χ4v) is 2.96. The number of hydrogen-bond acceptors (Lipinski definition) is 2. The number of rotatable bonds is 8. The highest BCUT2D eigenvalue weighted by molar-refractivity contribution is 7.81. The molecule has 0 bridgehead atoms. The Morgan fingerprint density at radius 3 is 1.67 bits per heavy atom. The van der Waals surface area contributed by atoms with Crippen molar-refractivity contribution in [2.24, 2.45) is 0 Å². The van der Waals surface area contributed by atoms with Gasteiger partial charge in [0.2, 0.25) is 0 Å². The fraction of sp³-hybridized carbons (Fsp3) is 0.400. The van der Waals surface area contributed by atoms with E-state index in [1.807, 2.05) is 0 Å². The summed E-state index contributed by atoms with van der Waals surface area (Å²) in [6.45, 7) is 6.18. The molecule has 0 aromatic rings. The molecule has 24 heavy (non-hydrogen) atoms. The molecule has 2 N–H and O–H groups in total. The van der Waals surface area contributed by atoms with Crippen molar-refractivity contribution in [2.45, 2.75) is 39.5 Å². The monoisotopic (exact) mass is 358 g/mol. The Hall–Kier alpha value is -1.52. The summed E-state index contributed by atoms with van der Waals surface area (Å²) in [6.07, 6.45) is 4.55. The molecule has 2 aliphatic carbocycles. The summed E-state index contributed by atoms with van der Waals surface area (Å²) in [5.74, 6) is 0. The quantitative estimate of drug-likeness (QED) is 0.516. The topological polar surface area (TPSA) is 24.1 Å². The molecule has 0 heterocycles. The summed E-state index contributed by atoms with van der Waals surface area (Å²) in [5.41, 5.74) is 4.42. The van der Waals surface area contributed by atoms with Gasteiger partial charge in [0.1, 0.15) is 9.98 Å². The molecule has 0 atom stereocenters. The van der Waals surface area contributed by atoms with E-state index in [2.05, 4.69) is 60.9 Å². The first kappa shape index (κ1) is 18.8. The maximum Gasteiger partial charge on any atom is 0.106 e. The Kier molecular flexibility index (Phi) is 7.60. The summed E-state index contributed by atoms with van der Waals surface area (Å²) in [4.78, 5) is 1.58. The first-order valence-corrected chi connectivity index (χ1v) is 9.57. The Morgan fingerprint density at radius 1 is 0.792 bits per heavy atom. The minimum atomic E-state index is 0.791. The van der Waals surface area contributed by atoms with Gasteiger partial charge >= 0.3 is 0 Å². The maximum absolute atomic E-state index is 5.59. The second-order valence-electron chi connectivity index (χ2n) is 6.00. The molecule has 0 fully saturated rings. The molecule has 4 heteroatoms. The maximum atomic E-state index is 5.59. The normalized spacial score (nSPS) is 10.6. The van der Waals surface area contributed by atoms with Crippen LogP contribution in [0.4, 0.5) is 0 Å². The zero-order chi connectivity index (χ0) is 17.4. The Bertz CT molecular complexity index is 613. The number of hydrogen-bond donors (Lipinski definition) is 2. The molecule has 2 aliphatic rings. The first-order chi connectivity index (χ1) is 11.7. The van der Waals surface area contributed by atoms with Crippen molar-refractivity contribution in [1.29, 1.82) is 0 Å². The second kappa shape index (κ2) is 9.70. The van der Waals surface area contributed by atoms with Crippen LogP contribution in [0.1, 0.15) is 50.7 Å². The van der Waals surface area contributed by atoms with Gasteiger partial charge in [0.25, 0.3) is 0 Å². The summed E-state index contributed by atoms with van der Waals surface area (Å²) >= 11 is 11.2. The van der Waals surface area contributed by atoms with Crippen molar-refractivity contribution < 1.29 is 0 Å². The molecule has 0 aromatic carbocycles. The SMILES string of the molecule is CCCCNC(=S)c1cc(C(=S)NCCCC)cc2cccc-2c1. The number of nitrogens with one attached hydrogen (secondary N) is 2. The zero-order valence-corrected chi connectivity index (χ0v) is 16.2. The summed E-state index contributed by atoms with van der Waals surface area (Å²) < 4.78 is 0. The van der Waals surface area contributed by atoms with Gasteiger partial charge in [-0.3, -0.25) is 0 Å². The zero-order valence-electron chi connectivity index (χ0n) is 14.5. The third kappa shape index (κ3) is 5.25. The predicted octanol–water partition coefficient (Wildman–Crippen LogP) is 4.92. The van der Waals surface area contributed by atoms with Crippen LogP contribution in [0.3, 0.4) is 0 Å². The summed E-state index contributed by atoms with van der Waals surface area (Å²) in [7, 11) is 0. The molecule has 0 amide bonds. The van der Waals surface area contributed by atoms with Gasteiger partial charge in [-0.05, 0) is 42.2 Å². The van der Waals surface area contributed by atoms with Gasteiger partial charge in [-0.1, -0.05) is 69.3 Å². The van der Waals surface area contributed by atoms with Gasteiger partial charge in [0.15, 0.2) is 0 Å². The van der Waals surface area contributed by atoms with E-state index in [-0.39, 0.29) is 0 Å². The molecule has 2 rings (SSSR count). The third-order valence-corrected chi connectivity index (χ3v) is 4.73. The lowest BCUT2D eigenvalue weighted by Gasteiger charge is -2.08. The van der Waals surface area contributed by atoms with Gasteiger partial charge in [-0.2, -0.15) is 0 Å². The molecule has 128 valence electrons. The second-order valence-corrected chi connectivity index (χ2v) is 6.82. The number of unbranched alkanes of at least 4 members (excludes halogenated alkanes) is 2. The molecule has 0 saturated carbocycles. The minimum Gasteiger partial charge on any atom is -0.376 e. The highest BCUT2D eigenvalue weighted by Gasteiger charge is 2.10. The van der Waals surface area contributed by atoms with Gasteiger partial charge in [-0.25, -0.2) is 0 Å². The standard InChI is InChI=1S/C20H26N2S2/c1-3-5-10-21-19(23)17-12-15-8-7-9-16(15)13-18(14-17)20(24)22-11-6-4-2/h7-9,12-14H,3-6,10-11H2,1-2H3,(H,21,23)(H,22,24). The Morgan fingerprint density at radius 2 is 1.25 bits per heavy atom. The van der Waals surface area contributed by atoms with Crippen molar-refractivity contribution in [2.75, 3.05) is 13.1 Å². The average molecular weight is 359 g/mol. The van der Waals surface area contributed by atoms with E-state index in [1.165, 1.54) is 11.1 Å². The van der Waals surface area contributed by atoms with Gasteiger partial charge in [0.05, 0.1) is 0 Å². The van der Waals surface area contributed by atoms with E-state index in [4.69, 9.17) is 24.4 Å². The third-order valence-electron chi connectivity index (χ3n) is 3.97. The van der Waals surface area contributed by atoms with Crippen molar-refractivity contribution in [3.05, 3.63) is 47.5 Å². The molecule has 0 unspecified atom stereocenters. The van der Waals surface area contributed by atoms with E-state index >= 15 is 0 Å². The van der Waals surface area contributed by atoms with Crippen LogP contribution >= 0.6 is 24.4 Å². The first-order valence-electron chi connectivity index (χ1n) is 8.76. The molecule has 0 aromatic heterocycles. The van der Waals surface area contributed by atoms with E-state index in [0.29, 0.717) is 0 Å². The van der Waals surface area contributed by atoms with Gasteiger partial charge < -0.3 is 10.6 Å². The molecule has 0 spiro atoms. The van der Waals surface area contributed by atoms with Crippen molar-refractivity contribution in [1.82, 2.24) is 10.6 Å². The Balaban J connectivity index is 2.26. The van der Waals surface area contributed by atoms with Crippen LogP contribution in [0, 0.1) is 0 Å². The van der Waals surface area contributed by atoms with Crippen LogP contribution in [0.25, 0.3) is 11.1 Å². The van der Waals surface area contributed by atoms with Crippen molar-refractivity contribution in [3.8, 4) is 11.1 Å². The van der Waals surface area contributed by atoms with Gasteiger partial charge in [0, 0.05) is 24.2 Å². The van der Waals surface area contributed by atoms with Crippen LogP contribution in [0.5, 0.6) is 0 Å². The van der Waals surface area contributed by atoms with Crippen LogP contribution < -0.4 is 10.6 Å². The molecular weight excluding hydrogens is 332 g/mol. The van der Waals surface area contributed by atoms with Crippen LogP contribution in [0.2, 0.25) is 0 Å². The van der Waals surface area contributed by atoms with E-state index < -0.39 is 0 Å². The van der Waals surface area contributed by atoms with Crippen LogP contribution in [-0.4, -0.2) is 23.1 Å². The number of fused-ring (bicyclic) bond motifs is 1. The van der Waals surface area contributed by atoms with E-state index in [1.54, 1.807) is 0 Å². The van der Waals surface area contributed by atoms with Crippen molar-refractivity contribution in [3.63, 3.8) is 0 Å². The smallest absolute Gasteiger partial charge is 0.106 e. The fourth-order valence-electron chi connectivity index (χ4n) is 2.52. The summed E-state index contributed by atoms with van der Waals surface area (Å²) in [6, 6.07) is 12.7.